The van der Waals surface area contributed by atoms with Crippen molar-refractivity contribution in [1.82, 2.24) is 9.55 Å². The summed E-state index contributed by atoms with van der Waals surface area (Å²) in [6, 6.07) is 4.83. The van der Waals surface area contributed by atoms with Crippen LogP contribution in [-0.2, 0) is 0 Å². The lowest BCUT2D eigenvalue weighted by atomic mass is 10.3. The highest BCUT2D eigenvalue weighted by Gasteiger charge is 2.18. The lowest BCUT2D eigenvalue weighted by Gasteiger charge is -2.10. The van der Waals surface area contributed by atoms with Gasteiger partial charge in [0.1, 0.15) is 5.52 Å². The molecular weight excluding hydrogens is 207 g/mol. The molecule has 2 aromatic rings. The fourth-order valence-corrected chi connectivity index (χ4v) is 1.85. The topological polar surface area (TPSA) is 34.9 Å². The van der Waals surface area contributed by atoms with Crippen LogP contribution in [0.1, 0.15) is 37.4 Å². The van der Waals surface area contributed by atoms with Crippen LogP contribution < -0.4 is 0 Å². The van der Waals surface area contributed by atoms with Crippen LogP contribution in [0.4, 0.5) is 4.39 Å². The molecule has 1 heterocycles. The second-order valence-electron chi connectivity index (χ2n) is 4.06. The molecule has 0 aliphatic carbocycles. The maximum atomic E-state index is 13.5. The molecule has 0 saturated heterocycles. The summed E-state index contributed by atoms with van der Waals surface area (Å²) in [6.45, 7) is 5.33. The molecule has 0 fully saturated rings. The Morgan fingerprint density at radius 3 is 2.69 bits per heavy atom. The predicted molar refractivity (Wildman–Crippen MR) is 60.1 cm³/mol. The van der Waals surface area contributed by atoms with Gasteiger partial charge in [0.25, 0.3) is 0 Å². The Labute approximate surface area is 92.9 Å². The van der Waals surface area contributed by atoms with E-state index in [1.165, 1.54) is 13.0 Å². The molecule has 0 bridgehead atoms. The van der Waals surface area contributed by atoms with Gasteiger partial charge in [-0.3, -0.25) is 4.79 Å². The van der Waals surface area contributed by atoms with Crippen molar-refractivity contribution in [2.45, 2.75) is 26.8 Å². The lowest BCUT2D eigenvalue weighted by molar-refractivity contribution is 0.0998. The van der Waals surface area contributed by atoms with Crippen molar-refractivity contribution in [2.24, 2.45) is 0 Å². The standard InChI is InChI=1S/C12H13FN2O/c1-7(2)15-10-6-4-5-9(13)11(10)14-12(15)8(3)16/h4-7H,1-3H3. The van der Waals surface area contributed by atoms with Crippen molar-refractivity contribution < 1.29 is 9.18 Å². The zero-order valence-corrected chi connectivity index (χ0v) is 9.49. The third-order valence-electron chi connectivity index (χ3n) is 2.50. The van der Waals surface area contributed by atoms with Crippen molar-refractivity contribution in [3.05, 3.63) is 29.8 Å². The number of halogens is 1. The van der Waals surface area contributed by atoms with E-state index in [0.717, 1.165) is 0 Å². The van der Waals surface area contributed by atoms with E-state index in [4.69, 9.17) is 0 Å². The highest BCUT2D eigenvalue weighted by molar-refractivity contribution is 5.94. The van der Waals surface area contributed by atoms with Gasteiger partial charge in [-0.2, -0.15) is 0 Å². The summed E-state index contributed by atoms with van der Waals surface area (Å²) in [5.74, 6) is -0.223. The van der Waals surface area contributed by atoms with Crippen LogP contribution in [-0.4, -0.2) is 15.3 Å². The number of hydrogen-bond donors (Lipinski definition) is 0. The summed E-state index contributed by atoms with van der Waals surface area (Å²) < 4.78 is 15.3. The van der Waals surface area contributed by atoms with E-state index < -0.39 is 0 Å². The minimum Gasteiger partial charge on any atom is -0.319 e. The van der Waals surface area contributed by atoms with E-state index in [-0.39, 0.29) is 23.2 Å². The van der Waals surface area contributed by atoms with Crippen LogP contribution in [0, 0.1) is 5.82 Å². The van der Waals surface area contributed by atoms with Gasteiger partial charge >= 0.3 is 0 Å². The minimum absolute atomic E-state index is 0.0747. The SMILES string of the molecule is CC(=O)c1nc2c(F)cccc2n1C(C)C. The Kier molecular flexibility index (Phi) is 2.50. The van der Waals surface area contributed by atoms with E-state index in [1.54, 1.807) is 16.7 Å². The first-order chi connectivity index (χ1) is 7.52. The molecule has 0 unspecified atom stereocenters. The first-order valence-corrected chi connectivity index (χ1v) is 5.19. The van der Waals surface area contributed by atoms with Crippen LogP contribution in [0.2, 0.25) is 0 Å². The number of aromatic nitrogens is 2. The van der Waals surface area contributed by atoms with Crippen LogP contribution >= 0.6 is 0 Å². The first kappa shape index (κ1) is 10.8. The Hall–Kier alpha value is -1.71. The number of nitrogens with zero attached hydrogens (tertiary/aromatic N) is 2. The van der Waals surface area contributed by atoms with Crippen LogP contribution in [0.25, 0.3) is 11.0 Å². The summed E-state index contributed by atoms with van der Waals surface area (Å²) in [5, 5.41) is 0. The molecule has 2 rings (SSSR count). The average molecular weight is 220 g/mol. The second kappa shape index (κ2) is 3.70. The molecule has 84 valence electrons. The van der Waals surface area contributed by atoms with Gasteiger partial charge in [-0.05, 0) is 26.0 Å². The van der Waals surface area contributed by atoms with E-state index in [9.17, 15) is 9.18 Å². The Morgan fingerprint density at radius 1 is 1.44 bits per heavy atom. The van der Waals surface area contributed by atoms with Gasteiger partial charge in [-0.1, -0.05) is 6.07 Å². The minimum atomic E-state index is -0.389. The molecule has 0 aliphatic rings. The second-order valence-corrected chi connectivity index (χ2v) is 4.06. The molecule has 0 radical (unpaired) electrons. The number of fused-ring (bicyclic) bond motifs is 1. The van der Waals surface area contributed by atoms with Crippen molar-refractivity contribution in [1.29, 1.82) is 0 Å². The zero-order chi connectivity index (χ0) is 11.9. The van der Waals surface area contributed by atoms with Gasteiger partial charge in [-0.15, -0.1) is 0 Å². The zero-order valence-electron chi connectivity index (χ0n) is 9.49. The highest BCUT2D eigenvalue weighted by atomic mass is 19.1. The first-order valence-electron chi connectivity index (χ1n) is 5.19. The van der Waals surface area contributed by atoms with Crippen LogP contribution in [0.15, 0.2) is 18.2 Å². The normalized spacial score (nSPS) is 11.3. The number of imidazole rings is 1. The van der Waals surface area contributed by atoms with E-state index in [1.807, 2.05) is 13.8 Å². The number of carbonyl (C=O) groups is 1. The largest absolute Gasteiger partial charge is 0.319 e. The summed E-state index contributed by atoms with van der Waals surface area (Å²) in [5.41, 5.74) is 0.932. The molecular formula is C12H13FN2O. The third-order valence-corrected chi connectivity index (χ3v) is 2.50. The molecule has 0 N–H and O–H groups in total. The molecule has 0 atom stereocenters. The number of hydrogen-bond acceptors (Lipinski definition) is 2. The molecule has 16 heavy (non-hydrogen) atoms. The quantitative estimate of drug-likeness (QED) is 0.729. The fraction of sp³-hybridized carbons (Fsp3) is 0.333. The van der Waals surface area contributed by atoms with Gasteiger partial charge in [0.15, 0.2) is 17.4 Å². The summed E-state index contributed by atoms with van der Waals surface area (Å²) in [6.07, 6.45) is 0. The summed E-state index contributed by atoms with van der Waals surface area (Å²) >= 11 is 0. The van der Waals surface area contributed by atoms with Gasteiger partial charge in [0.2, 0.25) is 0 Å². The van der Waals surface area contributed by atoms with Crippen LogP contribution in [0.5, 0.6) is 0 Å². The number of para-hydroxylation sites is 1. The monoisotopic (exact) mass is 220 g/mol. The molecule has 4 heteroatoms. The molecule has 3 nitrogen and oxygen atoms in total. The molecule has 0 saturated carbocycles. The number of carbonyl (C=O) groups excluding carboxylic acids is 1. The predicted octanol–water partition coefficient (Wildman–Crippen LogP) is 2.96. The maximum absolute atomic E-state index is 13.5. The molecule has 0 aliphatic heterocycles. The summed E-state index contributed by atoms with van der Waals surface area (Å²) in [7, 11) is 0. The van der Waals surface area contributed by atoms with Gasteiger partial charge in [0, 0.05) is 13.0 Å². The van der Waals surface area contributed by atoms with E-state index in [2.05, 4.69) is 4.98 Å². The lowest BCUT2D eigenvalue weighted by Crippen LogP contribution is -2.09. The van der Waals surface area contributed by atoms with Crippen molar-refractivity contribution >= 4 is 16.8 Å². The Balaban J connectivity index is 2.86. The van der Waals surface area contributed by atoms with Crippen molar-refractivity contribution in [2.75, 3.05) is 0 Å². The molecule has 1 aromatic carbocycles. The van der Waals surface area contributed by atoms with Crippen LogP contribution in [0.3, 0.4) is 0 Å². The van der Waals surface area contributed by atoms with Crippen molar-refractivity contribution in [3.8, 4) is 0 Å². The highest BCUT2D eigenvalue weighted by Crippen LogP contribution is 2.23. The van der Waals surface area contributed by atoms with Gasteiger partial charge in [-0.25, -0.2) is 9.37 Å². The maximum Gasteiger partial charge on any atom is 0.195 e. The number of benzene rings is 1. The number of Topliss-reactive ketones (excluding diaryl/α,β-unsaturated/α-hetero) is 1. The summed E-state index contributed by atoms with van der Waals surface area (Å²) in [4.78, 5) is 15.5. The molecule has 1 aromatic heterocycles. The number of rotatable bonds is 2. The van der Waals surface area contributed by atoms with E-state index in [0.29, 0.717) is 11.3 Å². The van der Waals surface area contributed by atoms with Gasteiger partial charge in [0.05, 0.1) is 5.52 Å². The fourth-order valence-electron chi connectivity index (χ4n) is 1.85. The van der Waals surface area contributed by atoms with E-state index >= 15 is 0 Å². The van der Waals surface area contributed by atoms with Crippen molar-refractivity contribution in [3.63, 3.8) is 0 Å². The van der Waals surface area contributed by atoms with Gasteiger partial charge < -0.3 is 4.57 Å². The third kappa shape index (κ3) is 1.50. The molecule has 0 spiro atoms. The molecule has 0 amide bonds. The Morgan fingerprint density at radius 2 is 2.12 bits per heavy atom. The average Bonchev–Trinajstić information content (AvgIpc) is 2.58. The Bertz CT molecular complexity index is 557. The smallest absolute Gasteiger partial charge is 0.195 e. The number of ketones is 1.